The van der Waals surface area contributed by atoms with E-state index in [0.29, 0.717) is 40.9 Å². The van der Waals surface area contributed by atoms with Gasteiger partial charge in [-0.3, -0.25) is 4.79 Å². The van der Waals surface area contributed by atoms with Gasteiger partial charge in [0.15, 0.2) is 6.29 Å². The lowest BCUT2D eigenvalue weighted by Crippen LogP contribution is -2.08. The summed E-state index contributed by atoms with van der Waals surface area (Å²) in [5, 5.41) is 16.7. The number of guanidine groups is 1. The molecule has 1 aromatic heterocycles. The molecule has 0 amide bonds. The summed E-state index contributed by atoms with van der Waals surface area (Å²) in [5.74, 6) is 0.839. The van der Waals surface area contributed by atoms with Gasteiger partial charge in [0.2, 0.25) is 5.96 Å². The fourth-order valence-corrected chi connectivity index (χ4v) is 2.28. The van der Waals surface area contributed by atoms with Gasteiger partial charge >= 0.3 is 6.18 Å². The van der Waals surface area contributed by atoms with E-state index in [4.69, 9.17) is 22.3 Å². The SMILES string of the molecule is C/C=C(\C=N)C=O.CCCCC(F)(F)F.CNc1cccc(/C=N/C(N)=Nc2ccc(N)c(C=N)c2)n1. The molecule has 0 atom stereocenters. The Kier molecular flexibility index (Phi) is 15.9. The molecule has 2 aromatic rings. The molecule has 0 aliphatic carbocycles. The Bertz CT molecular complexity index is 1090. The van der Waals surface area contributed by atoms with E-state index < -0.39 is 12.6 Å². The average Bonchev–Trinajstić information content (AvgIpc) is 2.89. The van der Waals surface area contributed by atoms with E-state index in [9.17, 15) is 18.0 Å². The van der Waals surface area contributed by atoms with Gasteiger partial charge in [0.25, 0.3) is 0 Å². The summed E-state index contributed by atoms with van der Waals surface area (Å²) in [6.07, 6.45) is 2.23. The highest BCUT2D eigenvalue weighted by Gasteiger charge is 2.25. The lowest BCUT2D eigenvalue weighted by molar-refractivity contribution is -0.135. The Morgan fingerprint density at radius 3 is 2.38 bits per heavy atom. The maximum Gasteiger partial charge on any atom is 0.389 e. The number of nitrogens with one attached hydrogen (secondary N) is 3. The highest BCUT2D eigenvalue weighted by molar-refractivity contribution is 6.00. The van der Waals surface area contributed by atoms with Crippen LogP contribution in [-0.4, -0.2) is 49.1 Å². The van der Waals surface area contributed by atoms with Gasteiger partial charge in [-0.25, -0.2) is 15.0 Å². The molecule has 0 fully saturated rings. The number of aldehydes is 1. The number of unbranched alkanes of at least 4 members (excludes halogenated alkanes) is 1. The first-order valence-corrected chi connectivity index (χ1v) is 11.1. The second kappa shape index (κ2) is 18.0. The highest BCUT2D eigenvalue weighted by Crippen LogP contribution is 2.21. The molecular formula is C25H33F3N8O. The number of pyridine rings is 1. The molecule has 0 spiro atoms. The third kappa shape index (κ3) is 15.3. The molecule has 7 N–H and O–H groups in total. The van der Waals surface area contributed by atoms with Crippen molar-refractivity contribution in [1.82, 2.24) is 4.98 Å². The molecule has 0 bridgehead atoms. The van der Waals surface area contributed by atoms with Crippen LogP contribution in [0.1, 0.15) is 44.4 Å². The lowest BCUT2D eigenvalue weighted by Gasteiger charge is -2.02. The molecule has 37 heavy (non-hydrogen) atoms. The van der Waals surface area contributed by atoms with E-state index >= 15 is 0 Å². The number of hydrogen-bond acceptors (Lipinski definition) is 7. The zero-order valence-electron chi connectivity index (χ0n) is 21.0. The summed E-state index contributed by atoms with van der Waals surface area (Å²) >= 11 is 0. The fourth-order valence-electron chi connectivity index (χ4n) is 2.28. The third-order valence-electron chi connectivity index (χ3n) is 4.28. The van der Waals surface area contributed by atoms with Crippen LogP contribution in [0, 0.1) is 10.8 Å². The summed E-state index contributed by atoms with van der Waals surface area (Å²) in [6.45, 7) is 3.46. The van der Waals surface area contributed by atoms with Crippen molar-refractivity contribution in [2.75, 3.05) is 18.1 Å². The highest BCUT2D eigenvalue weighted by atomic mass is 19.4. The Labute approximate surface area is 214 Å². The van der Waals surface area contributed by atoms with Gasteiger partial charge in [-0.05, 0) is 43.7 Å². The standard InChI is InChI=1S/C15H17N7.C5H9F3.C5H7NO/c1-19-14-4-2-3-12(21-14)9-20-15(18)22-11-5-6-13(17)10(7-11)8-16;1-2-3-4-5(6,7)8;1-2-5(3-6)4-7/h2-9,16H,17H2,1H3,(H2,18,22)(H,19,21);2-4H2,1H3;2-4,6H,1H3/b16-8?,20-9+;;5-2+,6-3?. The first kappa shape index (κ1) is 32.7. The Hall–Kier alpha value is -4.35. The number of halogens is 3. The molecule has 1 heterocycles. The molecule has 0 radical (unpaired) electrons. The normalized spacial score (nSPS) is 11.5. The molecule has 9 nitrogen and oxygen atoms in total. The molecule has 0 unspecified atom stereocenters. The smallest absolute Gasteiger partial charge is 0.389 e. The number of rotatable bonds is 8. The third-order valence-corrected chi connectivity index (χ3v) is 4.28. The summed E-state index contributed by atoms with van der Waals surface area (Å²) in [7, 11) is 1.79. The number of nitrogen functional groups attached to an aromatic ring is 1. The molecular weight excluding hydrogens is 485 g/mol. The van der Waals surface area contributed by atoms with Gasteiger partial charge in [-0.2, -0.15) is 13.2 Å². The minimum Gasteiger partial charge on any atom is -0.398 e. The minimum absolute atomic E-state index is 0.0948. The van der Waals surface area contributed by atoms with Gasteiger partial charge < -0.3 is 27.6 Å². The summed E-state index contributed by atoms with van der Waals surface area (Å²) in [4.78, 5) is 22.3. The van der Waals surface area contributed by atoms with Crippen molar-refractivity contribution in [2.45, 2.75) is 39.3 Å². The van der Waals surface area contributed by atoms with E-state index in [1.807, 2.05) is 18.2 Å². The molecule has 1 aromatic carbocycles. The first-order valence-electron chi connectivity index (χ1n) is 11.1. The maximum atomic E-state index is 11.2. The predicted octanol–water partition coefficient (Wildman–Crippen LogP) is 5.29. The van der Waals surface area contributed by atoms with Gasteiger partial charge in [-0.1, -0.05) is 25.5 Å². The van der Waals surface area contributed by atoms with Crippen LogP contribution in [0.4, 0.5) is 30.4 Å². The van der Waals surface area contributed by atoms with Gasteiger partial charge in [-0.15, -0.1) is 0 Å². The molecule has 0 saturated carbocycles. The van der Waals surface area contributed by atoms with Crippen molar-refractivity contribution < 1.29 is 18.0 Å². The van der Waals surface area contributed by atoms with Crippen molar-refractivity contribution >= 4 is 48.1 Å². The largest absolute Gasteiger partial charge is 0.398 e. The van der Waals surface area contributed by atoms with E-state index in [2.05, 4.69) is 20.3 Å². The van der Waals surface area contributed by atoms with Crippen LogP contribution in [-0.2, 0) is 4.79 Å². The number of allylic oxidation sites excluding steroid dienone is 2. The van der Waals surface area contributed by atoms with Gasteiger partial charge in [0.05, 0.1) is 17.6 Å². The number of alkyl halides is 3. The number of nitrogens with zero attached hydrogens (tertiary/aromatic N) is 3. The van der Waals surface area contributed by atoms with Crippen molar-refractivity contribution in [1.29, 1.82) is 10.8 Å². The Morgan fingerprint density at radius 1 is 1.22 bits per heavy atom. The molecule has 0 aliphatic heterocycles. The quantitative estimate of drug-likeness (QED) is 0.105. The number of carbonyl (C=O) groups is 1. The number of aliphatic imine (C=N–C) groups is 2. The summed E-state index contributed by atoms with van der Waals surface area (Å²) < 4.78 is 33.7. The number of aromatic nitrogens is 1. The van der Waals surface area contributed by atoms with E-state index in [1.165, 1.54) is 12.4 Å². The summed E-state index contributed by atoms with van der Waals surface area (Å²) in [5.41, 5.74) is 14.3. The van der Waals surface area contributed by atoms with Crippen molar-refractivity contribution in [2.24, 2.45) is 15.7 Å². The number of carbonyl (C=O) groups excluding carboxylic acids is 1. The average molecular weight is 519 g/mol. The van der Waals surface area contributed by atoms with E-state index in [-0.39, 0.29) is 12.4 Å². The van der Waals surface area contributed by atoms with Crippen molar-refractivity contribution in [3.8, 4) is 0 Å². The maximum absolute atomic E-state index is 11.2. The second-order valence-electron chi connectivity index (χ2n) is 7.15. The molecule has 0 aliphatic rings. The van der Waals surface area contributed by atoms with E-state index in [0.717, 1.165) is 12.0 Å². The molecule has 0 saturated heterocycles. The van der Waals surface area contributed by atoms with Gasteiger partial charge in [0, 0.05) is 42.7 Å². The number of hydrogen-bond donors (Lipinski definition) is 5. The molecule has 12 heteroatoms. The predicted molar refractivity (Wildman–Crippen MR) is 146 cm³/mol. The topological polar surface area (TPSA) is 166 Å². The zero-order valence-corrected chi connectivity index (χ0v) is 21.0. The van der Waals surface area contributed by atoms with Crippen molar-refractivity contribution in [3.05, 3.63) is 59.3 Å². The second-order valence-corrected chi connectivity index (χ2v) is 7.15. The van der Waals surface area contributed by atoms with Crippen LogP contribution >= 0.6 is 0 Å². The molecule has 200 valence electrons. The number of nitrogens with two attached hydrogens (primary N) is 2. The van der Waals surface area contributed by atoms with Crippen LogP contribution in [0.2, 0.25) is 0 Å². The van der Waals surface area contributed by atoms with Crippen LogP contribution in [0.3, 0.4) is 0 Å². The number of anilines is 2. The fraction of sp³-hybridized carbons (Fsp3) is 0.280. The van der Waals surface area contributed by atoms with Crippen molar-refractivity contribution in [3.63, 3.8) is 0 Å². The van der Waals surface area contributed by atoms with Crippen LogP contribution in [0.15, 0.2) is 58.0 Å². The zero-order chi connectivity index (χ0) is 28.3. The minimum atomic E-state index is -3.95. The molecule has 2 rings (SSSR count). The van der Waals surface area contributed by atoms with Gasteiger partial charge in [0.1, 0.15) is 5.82 Å². The first-order chi connectivity index (χ1) is 17.5. The van der Waals surface area contributed by atoms with Crippen LogP contribution < -0.4 is 16.8 Å². The lowest BCUT2D eigenvalue weighted by atomic mass is 10.2. The number of benzene rings is 1. The van der Waals surface area contributed by atoms with Crippen LogP contribution in [0.25, 0.3) is 0 Å². The van der Waals surface area contributed by atoms with E-state index in [1.54, 1.807) is 45.2 Å². The Morgan fingerprint density at radius 2 is 1.92 bits per heavy atom. The Balaban J connectivity index is 0.000000711. The monoisotopic (exact) mass is 518 g/mol. The summed E-state index contributed by atoms with van der Waals surface area (Å²) in [6, 6.07) is 10.6. The van der Waals surface area contributed by atoms with Crippen LogP contribution in [0.5, 0.6) is 0 Å².